The van der Waals surface area contributed by atoms with Crippen molar-refractivity contribution < 1.29 is 4.39 Å². The summed E-state index contributed by atoms with van der Waals surface area (Å²) in [7, 11) is 0. The minimum absolute atomic E-state index is 0.0818. The first-order valence-corrected chi connectivity index (χ1v) is 6.73. The van der Waals surface area contributed by atoms with Gasteiger partial charge in [0.15, 0.2) is 0 Å². The normalized spacial score (nSPS) is 14.9. The molecule has 0 aliphatic carbocycles. The fourth-order valence-corrected chi connectivity index (χ4v) is 2.46. The Bertz CT molecular complexity index is 660. The molecule has 2 heterocycles. The maximum absolute atomic E-state index is 13.7. The van der Waals surface area contributed by atoms with E-state index in [-0.39, 0.29) is 5.56 Å². The van der Waals surface area contributed by atoms with Gasteiger partial charge in [-0.2, -0.15) is 5.26 Å². The van der Waals surface area contributed by atoms with E-state index in [1.54, 1.807) is 12.3 Å². The molecule has 0 unspecified atom stereocenters. The van der Waals surface area contributed by atoms with Gasteiger partial charge in [0.1, 0.15) is 24.0 Å². The molecule has 0 atom stereocenters. The fraction of sp³-hybridized carbons (Fsp3) is 0.267. The van der Waals surface area contributed by atoms with E-state index in [1.807, 2.05) is 12.1 Å². The van der Waals surface area contributed by atoms with E-state index >= 15 is 0 Å². The zero-order valence-corrected chi connectivity index (χ0v) is 11.4. The summed E-state index contributed by atoms with van der Waals surface area (Å²) in [5, 5.41) is 8.76. The fourth-order valence-electron chi connectivity index (χ4n) is 2.46. The van der Waals surface area contributed by atoms with Crippen LogP contribution in [0.25, 0.3) is 0 Å². The van der Waals surface area contributed by atoms with Gasteiger partial charge >= 0.3 is 0 Å². The van der Waals surface area contributed by atoms with E-state index in [2.05, 4.69) is 19.8 Å². The van der Waals surface area contributed by atoms with Crippen LogP contribution in [0.1, 0.15) is 5.56 Å². The third-order valence-electron chi connectivity index (χ3n) is 3.61. The maximum atomic E-state index is 13.7. The Labute approximate surface area is 122 Å². The van der Waals surface area contributed by atoms with Crippen molar-refractivity contribution in [2.75, 3.05) is 36.0 Å². The topological polar surface area (TPSA) is 56.1 Å². The van der Waals surface area contributed by atoms with E-state index in [4.69, 9.17) is 5.26 Å². The standard InChI is InChI=1S/C15H14FN5/c16-14-9-13(2-1-12(14)10-17)20-5-7-21(8-6-20)15-3-4-18-11-19-15/h1-4,9,11H,5-8H2. The maximum Gasteiger partial charge on any atom is 0.143 e. The van der Waals surface area contributed by atoms with Crippen LogP contribution in [-0.4, -0.2) is 36.1 Å². The van der Waals surface area contributed by atoms with Crippen molar-refractivity contribution >= 4 is 11.5 Å². The highest BCUT2D eigenvalue weighted by atomic mass is 19.1. The highest BCUT2D eigenvalue weighted by molar-refractivity contribution is 5.52. The minimum Gasteiger partial charge on any atom is -0.368 e. The Morgan fingerprint density at radius 1 is 1.10 bits per heavy atom. The van der Waals surface area contributed by atoms with Crippen LogP contribution < -0.4 is 9.80 Å². The SMILES string of the molecule is N#Cc1ccc(N2CCN(c3ccncn3)CC2)cc1F. The van der Waals surface area contributed by atoms with Gasteiger partial charge < -0.3 is 9.80 Å². The summed E-state index contributed by atoms with van der Waals surface area (Å²) in [6.07, 6.45) is 3.27. The first kappa shape index (κ1) is 13.3. The first-order chi connectivity index (χ1) is 10.3. The molecule has 1 aromatic carbocycles. The monoisotopic (exact) mass is 283 g/mol. The molecule has 1 aromatic heterocycles. The lowest BCUT2D eigenvalue weighted by atomic mass is 10.2. The Balaban J connectivity index is 1.69. The summed E-state index contributed by atoms with van der Waals surface area (Å²) in [5.74, 6) is 0.448. The van der Waals surface area contributed by atoms with Crippen LogP contribution in [0.3, 0.4) is 0 Å². The predicted octanol–water partition coefficient (Wildman–Crippen LogP) is 1.81. The molecule has 3 rings (SSSR count). The first-order valence-electron chi connectivity index (χ1n) is 6.73. The average Bonchev–Trinajstić information content (AvgIpc) is 2.56. The zero-order chi connectivity index (χ0) is 14.7. The van der Waals surface area contributed by atoms with Crippen molar-refractivity contribution in [1.29, 1.82) is 5.26 Å². The Morgan fingerprint density at radius 3 is 2.48 bits per heavy atom. The summed E-state index contributed by atoms with van der Waals surface area (Å²) in [4.78, 5) is 12.4. The predicted molar refractivity (Wildman–Crippen MR) is 77.6 cm³/mol. The molecule has 0 bridgehead atoms. The van der Waals surface area contributed by atoms with Gasteiger partial charge in [0.25, 0.3) is 0 Å². The van der Waals surface area contributed by atoms with Gasteiger partial charge in [0, 0.05) is 38.1 Å². The van der Waals surface area contributed by atoms with Crippen molar-refractivity contribution in [3.63, 3.8) is 0 Å². The smallest absolute Gasteiger partial charge is 0.143 e. The second-order valence-electron chi connectivity index (χ2n) is 4.82. The number of nitriles is 1. The molecule has 0 saturated carbocycles. The van der Waals surface area contributed by atoms with Crippen LogP contribution in [0.15, 0.2) is 36.8 Å². The number of halogens is 1. The van der Waals surface area contributed by atoms with Crippen LogP contribution in [0.2, 0.25) is 0 Å². The quantitative estimate of drug-likeness (QED) is 0.841. The van der Waals surface area contributed by atoms with E-state index in [0.717, 1.165) is 37.7 Å². The molecule has 2 aromatic rings. The second kappa shape index (κ2) is 5.75. The third kappa shape index (κ3) is 2.77. The number of hydrogen-bond acceptors (Lipinski definition) is 5. The highest BCUT2D eigenvalue weighted by Crippen LogP contribution is 2.21. The Kier molecular flexibility index (Phi) is 3.65. The van der Waals surface area contributed by atoms with E-state index < -0.39 is 5.82 Å². The molecule has 21 heavy (non-hydrogen) atoms. The van der Waals surface area contributed by atoms with Crippen molar-refractivity contribution in [2.24, 2.45) is 0 Å². The molecule has 0 amide bonds. The van der Waals surface area contributed by atoms with Crippen molar-refractivity contribution in [3.05, 3.63) is 48.2 Å². The molecule has 106 valence electrons. The molecular weight excluding hydrogens is 269 g/mol. The lowest BCUT2D eigenvalue weighted by Gasteiger charge is -2.36. The van der Waals surface area contributed by atoms with Gasteiger partial charge in [-0.3, -0.25) is 0 Å². The van der Waals surface area contributed by atoms with Crippen LogP contribution in [-0.2, 0) is 0 Å². The molecule has 1 fully saturated rings. The Hall–Kier alpha value is -2.68. The summed E-state index contributed by atoms with van der Waals surface area (Å²) < 4.78 is 13.7. The second-order valence-corrected chi connectivity index (χ2v) is 4.82. The van der Waals surface area contributed by atoms with E-state index in [9.17, 15) is 4.39 Å². The lowest BCUT2D eigenvalue weighted by Crippen LogP contribution is -2.46. The number of aromatic nitrogens is 2. The summed E-state index contributed by atoms with van der Waals surface area (Å²) in [6, 6.07) is 8.48. The summed E-state index contributed by atoms with van der Waals surface area (Å²) >= 11 is 0. The lowest BCUT2D eigenvalue weighted by molar-refractivity contribution is 0.616. The zero-order valence-electron chi connectivity index (χ0n) is 11.4. The van der Waals surface area contributed by atoms with E-state index in [0.29, 0.717) is 0 Å². The number of anilines is 2. The summed E-state index contributed by atoms with van der Waals surface area (Å²) in [5.41, 5.74) is 0.896. The van der Waals surface area contributed by atoms with Gasteiger partial charge in [-0.15, -0.1) is 0 Å². The highest BCUT2D eigenvalue weighted by Gasteiger charge is 2.19. The van der Waals surface area contributed by atoms with Gasteiger partial charge in [-0.1, -0.05) is 0 Å². The van der Waals surface area contributed by atoms with Crippen molar-refractivity contribution in [1.82, 2.24) is 9.97 Å². The number of rotatable bonds is 2. The Morgan fingerprint density at radius 2 is 1.86 bits per heavy atom. The molecule has 0 radical (unpaired) electrons. The number of nitrogens with zero attached hydrogens (tertiary/aromatic N) is 5. The van der Waals surface area contributed by atoms with Crippen molar-refractivity contribution in [3.8, 4) is 6.07 Å². The number of benzene rings is 1. The molecule has 0 spiro atoms. The van der Waals surface area contributed by atoms with Crippen LogP contribution >= 0.6 is 0 Å². The molecule has 1 aliphatic heterocycles. The van der Waals surface area contributed by atoms with E-state index in [1.165, 1.54) is 18.5 Å². The van der Waals surface area contributed by atoms with Gasteiger partial charge in [0.05, 0.1) is 5.56 Å². The van der Waals surface area contributed by atoms with Crippen LogP contribution in [0.4, 0.5) is 15.9 Å². The van der Waals surface area contributed by atoms with Gasteiger partial charge in [0.2, 0.25) is 0 Å². The molecule has 6 heteroatoms. The number of hydrogen-bond donors (Lipinski definition) is 0. The van der Waals surface area contributed by atoms with Crippen LogP contribution in [0.5, 0.6) is 0 Å². The van der Waals surface area contributed by atoms with Crippen LogP contribution in [0, 0.1) is 17.1 Å². The third-order valence-corrected chi connectivity index (χ3v) is 3.61. The largest absolute Gasteiger partial charge is 0.368 e. The van der Waals surface area contributed by atoms with Crippen molar-refractivity contribution in [2.45, 2.75) is 0 Å². The molecule has 5 nitrogen and oxygen atoms in total. The molecular formula is C15H14FN5. The molecule has 1 saturated heterocycles. The van der Waals surface area contributed by atoms with Gasteiger partial charge in [-0.25, -0.2) is 14.4 Å². The molecule has 1 aliphatic rings. The minimum atomic E-state index is -0.465. The molecule has 0 N–H and O–H groups in total. The average molecular weight is 283 g/mol. The van der Waals surface area contributed by atoms with Gasteiger partial charge in [-0.05, 0) is 24.3 Å². The number of piperazine rings is 1. The summed E-state index contributed by atoms with van der Waals surface area (Å²) in [6.45, 7) is 3.21.